The zero-order valence-corrected chi connectivity index (χ0v) is 12.3. The third-order valence-corrected chi connectivity index (χ3v) is 3.41. The van der Waals surface area contributed by atoms with Gasteiger partial charge in [-0.1, -0.05) is 5.16 Å². The molecule has 0 atom stereocenters. The van der Waals surface area contributed by atoms with Gasteiger partial charge in [0.2, 0.25) is 5.89 Å². The Hall–Kier alpha value is -1.63. The maximum absolute atomic E-state index is 11.9. The van der Waals surface area contributed by atoms with Crippen LogP contribution in [0.2, 0.25) is 0 Å². The van der Waals surface area contributed by atoms with E-state index in [0.29, 0.717) is 24.8 Å². The summed E-state index contributed by atoms with van der Waals surface area (Å²) in [5.74, 6) is 1.04. The van der Waals surface area contributed by atoms with E-state index in [-0.39, 0.29) is 6.03 Å². The molecule has 7 heteroatoms. The first-order valence-electron chi connectivity index (χ1n) is 7.15. The highest BCUT2D eigenvalue weighted by Crippen LogP contribution is 2.07. The minimum absolute atomic E-state index is 0.109. The number of hydrogen-bond acceptors (Lipinski definition) is 5. The lowest BCUT2D eigenvalue weighted by molar-refractivity contribution is 0.199. The molecule has 1 fully saturated rings. The fourth-order valence-corrected chi connectivity index (χ4v) is 2.32. The zero-order valence-electron chi connectivity index (χ0n) is 12.3. The van der Waals surface area contributed by atoms with Gasteiger partial charge in [-0.2, -0.15) is 4.98 Å². The zero-order chi connectivity index (χ0) is 14.4. The van der Waals surface area contributed by atoms with E-state index in [0.717, 1.165) is 13.0 Å². The van der Waals surface area contributed by atoms with E-state index in [1.54, 1.807) is 18.9 Å². The fourth-order valence-electron chi connectivity index (χ4n) is 2.32. The van der Waals surface area contributed by atoms with Crippen LogP contribution >= 0.6 is 0 Å². The third kappa shape index (κ3) is 4.48. The Labute approximate surface area is 119 Å². The van der Waals surface area contributed by atoms with Gasteiger partial charge in [0.05, 0.1) is 0 Å². The van der Waals surface area contributed by atoms with Gasteiger partial charge in [-0.25, -0.2) is 4.79 Å². The molecule has 0 unspecified atom stereocenters. The number of hydrogen-bond donors (Lipinski definition) is 1. The number of likely N-dealkylation sites (tertiary alicyclic amines) is 1. The average Bonchev–Trinajstić information content (AvgIpc) is 3.06. The molecule has 20 heavy (non-hydrogen) atoms. The minimum atomic E-state index is -0.109. The Bertz CT molecular complexity index is 428. The molecule has 1 aliphatic rings. The summed E-state index contributed by atoms with van der Waals surface area (Å²) < 4.78 is 4.99. The van der Waals surface area contributed by atoms with Gasteiger partial charge >= 0.3 is 6.03 Å². The van der Waals surface area contributed by atoms with Crippen LogP contribution in [0.15, 0.2) is 4.52 Å². The van der Waals surface area contributed by atoms with Crippen molar-refractivity contribution in [2.75, 3.05) is 33.2 Å². The first-order chi connectivity index (χ1) is 9.65. The lowest BCUT2D eigenvalue weighted by Crippen LogP contribution is -2.38. The van der Waals surface area contributed by atoms with E-state index >= 15 is 0 Å². The minimum Gasteiger partial charge on any atom is -0.338 e. The first kappa shape index (κ1) is 14.8. The maximum Gasteiger partial charge on any atom is 0.317 e. The number of aromatic nitrogens is 2. The van der Waals surface area contributed by atoms with Crippen LogP contribution in [0.5, 0.6) is 0 Å². The van der Waals surface area contributed by atoms with Gasteiger partial charge < -0.3 is 19.6 Å². The van der Waals surface area contributed by atoms with Crippen molar-refractivity contribution in [3.63, 3.8) is 0 Å². The Kier molecular flexibility index (Phi) is 5.34. The van der Waals surface area contributed by atoms with E-state index in [1.807, 2.05) is 0 Å². The molecule has 0 bridgehead atoms. The van der Waals surface area contributed by atoms with Gasteiger partial charge in [0.15, 0.2) is 5.82 Å². The first-order valence-corrected chi connectivity index (χ1v) is 7.15. The SMILES string of the molecule is Cc1noc(CN(C)C(=O)NCCCN2CCCC2)n1. The summed E-state index contributed by atoms with van der Waals surface area (Å²) in [5.41, 5.74) is 0. The smallest absolute Gasteiger partial charge is 0.317 e. The quantitative estimate of drug-likeness (QED) is 0.788. The van der Waals surface area contributed by atoms with Crippen molar-refractivity contribution in [3.8, 4) is 0 Å². The maximum atomic E-state index is 11.9. The molecule has 0 radical (unpaired) electrons. The summed E-state index contributed by atoms with van der Waals surface area (Å²) in [7, 11) is 1.72. The molecule has 1 saturated heterocycles. The molecule has 1 aliphatic heterocycles. The van der Waals surface area contributed by atoms with Gasteiger partial charge in [-0.3, -0.25) is 0 Å². The molecule has 1 aromatic rings. The standard InChI is InChI=1S/C13H23N5O2/c1-11-15-12(20-16-11)10-17(2)13(19)14-6-5-9-18-7-3-4-8-18/h3-10H2,1-2H3,(H,14,19). The number of aryl methyl sites for hydroxylation is 1. The van der Waals surface area contributed by atoms with Crippen LogP contribution in [0.1, 0.15) is 31.0 Å². The van der Waals surface area contributed by atoms with Crippen LogP contribution in [0.3, 0.4) is 0 Å². The highest BCUT2D eigenvalue weighted by Gasteiger charge is 2.13. The molecule has 0 aliphatic carbocycles. The van der Waals surface area contributed by atoms with Crippen molar-refractivity contribution in [1.29, 1.82) is 0 Å². The van der Waals surface area contributed by atoms with Crippen molar-refractivity contribution in [1.82, 2.24) is 25.3 Å². The molecule has 2 rings (SSSR count). The summed E-state index contributed by atoms with van der Waals surface area (Å²) in [6.45, 7) is 6.24. The highest BCUT2D eigenvalue weighted by atomic mass is 16.5. The Balaban J connectivity index is 1.61. The normalized spacial score (nSPS) is 15.5. The number of rotatable bonds is 6. The second kappa shape index (κ2) is 7.23. The molecule has 2 amide bonds. The topological polar surface area (TPSA) is 74.5 Å². The Morgan fingerprint density at radius 2 is 2.20 bits per heavy atom. The van der Waals surface area contributed by atoms with E-state index in [2.05, 4.69) is 20.4 Å². The fraction of sp³-hybridized carbons (Fsp3) is 0.769. The predicted molar refractivity (Wildman–Crippen MR) is 74.2 cm³/mol. The summed E-state index contributed by atoms with van der Waals surface area (Å²) >= 11 is 0. The number of amides is 2. The van der Waals surface area contributed by atoms with Crippen molar-refractivity contribution in [3.05, 3.63) is 11.7 Å². The van der Waals surface area contributed by atoms with Gasteiger partial charge in [0.1, 0.15) is 6.54 Å². The Morgan fingerprint density at radius 3 is 2.85 bits per heavy atom. The van der Waals surface area contributed by atoms with E-state index in [4.69, 9.17) is 4.52 Å². The largest absolute Gasteiger partial charge is 0.338 e. The highest BCUT2D eigenvalue weighted by molar-refractivity contribution is 5.73. The van der Waals surface area contributed by atoms with E-state index < -0.39 is 0 Å². The van der Waals surface area contributed by atoms with E-state index in [1.165, 1.54) is 25.9 Å². The van der Waals surface area contributed by atoms with Crippen LogP contribution in [-0.2, 0) is 6.54 Å². The van der Waals surface area contributed by atoms with Crippen molar-refractivity contribution in [2.45, 2.75) is 32.7 Å². The second-order valence-corrected chi connectivity index (χ2v) is 5.23. The van der Waals surface area contributed by atoms with Crippen molar-refractivity contribution >= 4 is 6.03 Å². The lowest BCUT2D eigenvalue weighted by Gasteiger charge is -2.17. The molecule has 0 aromatic carbocycles. The lowest BCUT2D eigenvalue weighted by atomic mass is 10.4. The van der Waals surface area contributed by atoms with Crippen LogP contribution in [0, 0.1) is 6.92 Å². The molecular formula is C13H23N5O2. The molecular weight excluding hydrogens is 258 g/mol. The van der Waals surface area contributed by atoms with Crippen LogP contribution in [-0.4, -0.2) is 59.2 Å². The van der Waals surface area contributed by atoms with Crippen molar-refractivity contribution < 1.29 is 9.32 Å². The summed E-state index contributed by atoms with van der Waals surface area (Å²) in [5, 5.41) is 6.60. The summed E-state index contributed by atoms with van der Waals surface area (Å²) in [6.07, 6.45) is 3.59. The molecule has 2 heterocycles. The molecule has 1 aromatic heterocycles. The van der Waals surface area contributed by atoms with Gasteiger partial charge in [-0.15, -0.1) is 0 Å². The second-order valence-electron chi connectivity index (χ2n) is 5.23. The Morgan fingerprint density at radius 1 is 1.45 bits per heavy atom. The monoisotopic (exact) mass is 281 g/mol. The number of carbonyl (C=O) groups excluding carboxylic acids is 1. The third-order valence-electron chi connectivity index (χ3n) is 3.41. The van der Waals surface area contributed by atoms with E-state index in [9.17, 15) is 4.79 Å². The van der Waals surface area contributed by atoms with Crippen LogP contribution in [0.25, 0.3) is 0 Å². The molecule has 0 spiro atoms. The van der Waals surface area contributed by atoms with Crippen LogP contribution < -0.4 is 5.32 Å². The molecule has 112 valence electrons. The number of nitrogens with one attached hydrogen (secondary N) is 1. The summed E-state index contributed by atoms with van der Waals surface area (Å²) in [6, 6.07) is -0.109. The predicted octanol–water partition coefficient (Wildman–Crippen LogP) is 1.01. The number of nitrogens with zero attached hydrogens (tertiary/aromatic N) is 4. The average molecular weight is 281 g/mol. The van der Waals surface area contributed by atoms with Crippen LogP contribution in [0.4, 0.5) is 4.79 Å². The number of urea groups is 1. The van der Waals surface area contributed by atoms with Crippen molar-refractivity contribution in [2.24, 2.45) is 0 Å². The van der Waals surface area contributed by atoms with Gasteiger partial charge in [-0.05, 0) is 45.8 Å². The molecule has 0 saturated carbocycles. The number of carbonyl (C=O) groups is 1. The van der Waals surface area contributed by atoms with Gasteiger partial charge in [0, 0.05) is 13.6 Å². The molecule has 7 nitrogen and oxygen atoms in total. The van der Waals surface area contributed by atoms with Gasteiger partial charge in [0.25, 0.3) is 0 Å². The molecule has 1 N–H and O–H groups in total. The summed E-state index contributed by atoms with van der Waals surface area (Å²) in [4.78, 5) is 19.9.